The highest BCUT2D eigenvalue weighted by molar-refractivity contribution is 5.94. The van der Waals surface area contributed by atoms with Crippen LogP contribution in [-0.4, -0.2) is 21.4 Å². The van der Waals surface area contributed by atoms with E-state index in [4.69, 9.17) is 0 Å². The van der Waals surface area contributed by atoms with Gasteiger partial charge in [0.25, 0.3) is 11.2 Å². The lowest BCUT2D eigenvalue weighted by atomic mass is 10.2. The van der Waals surface area contributed by atoms with Crippen molar-refractivity contribution in [3.05, 3.63) is 74.7 Å². The highest BCUT2D eigenvalue weighted by atomic mass is 16.6. The number of hydrogen-bond donors (Lipinski definition) is 2. The molecule has 0 fully saturated rings. The van der Waals surface area contributed by atoms with Crippen LogP contribution in [0.2, 0.25) is 0 Å². The Bertz CT molecular complexity index is 816. The summed E-state index contributed by atoms with van der Waals surface area (Å²) in [6, 6.07) is 10.4. The van der Waals surface area contributed by atoms with Crippen LogP contribution in [0.3, 0.4) is 0 Å². The molecule has 0 unspecified atom stereocenters. The second kappa shape index (κ2) is 7.68. The maximum atomic E-state index is 11.8. The molecular formula is C15H14N4O5. The quantitative estimate of drug-likeness (QED) is 0.619. The van der Waals surface area contributed by atoms with E-state index in [1.54, 1.807) is 0 Å². The van der Waals surface area contributed by atoms with Crippen molar-refractivity contribution in [2.75, 3.05) is 0 Å². The van der Waals surface area contributed by atoms with Crippen LogP contribution in [-0.2, 0) is 17.9 Å². The van der Waals surface area contributed by atoms with E-state index >= 15 is 0 Å². The Kier molecular flexibility index (Phi) is 5.40. The second-order valence-electron chi connectivity index (χ2n) is 4.83. The summed E-state index contributed by atoms with van der Waals surface area (Å²) in [5, 5.41) is 15.2. The zero-order valence-electron chi connectivity index (χ0n) is 12.5. The molecule has 3 amide bonds. The molecule has 2 aromatic rings. The normalized spacial score (nSPS) is 10.0. The molecule has 0 saturated carbocycles. The van der Waals surface area contributed by atoms with Gasteiger partial charge in [-0.15, -0.1) is 0 Å². The molecule has 24 heavy (non-hydrogen) atoms. The van der Waals surface area contributed by atoms with Gasteiger partial charge in [-0.2, -0.15) is 0 Å². The topological polar surface area (TPSA) is 123 Å². The van der Waals surface area contributed by atoms with Gasteiger partial charge in [0.2, 0.25) is 5.91 Å². The number of nitro groups is 1. The smallest absolute Gasteiger partial charge is 0.321 e. The second-order valence-corrected chi connectivity index (χ2v) is 4.83. The number of pyridine rings is 1. The van der Waals surface area contributed by atoms with Crippen LogP contribution in [0.4, 0.5) is 10.5 Å². The van der Waals surface area contributed by atoms with Gasteiger partial charge in [0.05, 0.1) is 11.1 Å². The molecule has 2 rings (SSSR count). The number of nitrogens with zero attached hydrogens (tertiary/aromatic N) is 2. The van der Waals surface area contributed by atoms with E-state index in [1.807, 2.05) is 30.3 Å². The van der Waals surface area contributed by atoms with E-state index in [2.05, 4.69) is 10.6 Å². The third kappa shape index (κ3) is 4.77. The van der Waals surface area contributed by atoms with Crippen molar-refractivity contribution in [1.29, 1.82) is 0 Å². The standard InChI is InChI=1S/C15H14N4O5/c20-13(10-18-9-12(19(23)24)6-7-14(18)21)17-15(22)16-8-11-4-2-1-3-5-11/h1-7,9H,8,10H2,(H2,16,17,20,22). The number of carbonyl (C=O) groups is 2. The molecule has 1 aromatic carbocycles. The number of benzene rings is 1. The molecule has 2 N–H and O–H groups in total. The first kappa shape index (κ1) is 16.9. The van der Waals surface area contributed by atoms with E-state index in [0.717, 1.165) is 28.5 Å². The fraction of sp³-hybridized carbons (Fsp3) is 0.133. The molecule has 0 aliphatic heterocycles. The summed E-state index contributed by atoms with van der Waals surface area (Å²) >= 11 is 0. The molecule has 0 atom stereocenters. The minimum absolute atomic E-state index is 0.233. The van der Waals surface area contributed by atoms with Gasteiger partial charge in [-0.3, -0.25) is 29.6 Å². The molecule has 9 nitrogen and oxygen atoms in total. The van der Waals surface area contributed by atoms with Gasteiger partial charge in [0, 0.05) is 18.7 Å². The zero-order chi connectivity index (χ0) is 17.5. The summed E-state index contributed by atoms with van der Waals surface area (Å²) in [6.45, 7) is -0.268. The molecule has 9 heteroatoms. The van der Waals surface area contributed by atoms with Crippen molar-refractivity contribution in [2.45, 2.75) is 13.1 Å². The third-order valence-electron chi connectivity index (χ3n) is 3.04. The Labute approximate surface area is 136 Å². The molecule has 1 aromatic heterocycles. The predicted molar refractivity (Wildman–Crippen MR) is 84.2 cm³/mol. The number of rotatable bonds is 5. The molecular weight excluding hydrogens is 316 g/mol. The molecule has 0 aliphatic rings. The minimum atomic E-state index is -0.761. The van der Waals surface area contributed by atoms with Crippen LogP contribution >= 0.6 is 0 Å². The molecule has 124 valence electrons. The lowest BCUT2D eigenvalue weighted by molar-refractivity contribution is -0.385. The molecule has 0 bridgehead atoms. The van der Waals surface area contributed by atoms with Crippen molar-refractivity contribution in [3.63, 3.8) is 0 Å². The van der Waals surface area contributed by atoms with Crippen molar-refractivity contribution >= 4 is 17.6 Å². The number of nitrogens with one attached hydrogen (secondary N) is 2. The fourth-order valence-electron chi connectivity index (χ4n) is 1.89. The summed E-state index contributed by atoms with van der Waals surface area (Å²) in [7, 11) is 0. The first-order valence-electron chi connectivity index (χ1n) is 6.92. The monoisotopic (exact) mass is 330 g/mol. The maximum Gasteiger partial charge on any atom is 0.321 e. The van der Waals surface area contributed by atoms with Crippen LogP contribution in [0, 0.1) is 10.1 Å². The summed E-state index contributed by atoms with van der Waals surface area (Å²) in [5.41, 5.74) is -0.0497. The number of aromatic nitrogens is 1. The Hall–Kier alpha value is -3.49. The minimum Gasteiger partial charge on any atom is -0.334 e. The molecule has 0 spiro atoms. The highest BCUT2D eigenvalue weighted by Crippen LogP contribution is 2.06. The molecule has 0 saturated heterocycles. The van der Waals surface area contributed by atoms with Gasteiger partial charge in [-0.05, 0) is 5.56 Å². The van der Waals surface area contributed by atoms with E-state index in [-0.39, 0.29) is 12.2 Å². The highest BCUT2D eigenvalue weighted by Gasteiger charge is 2.12. The summed E-state index contributed by atoms with van der Waals surface area (Å²) in [5.74, 6) is -0.761. The van der Waals surface area contributed by atoms with Gasteiger partial charge in [0.15, 0.2) is 0 Å². The first-order valence-corrected chi connectivity index (χ1v) is 6.92. The van der Waals surface area contributed by atoms with E-state index < -0.39 is 29.0 Å². The Morgan fingerprint density at radius 3 is 2.50 bits per heavy atom. The SMILES string of the molecule is O=C(Cn1cc([N+](=O)[O-])ccc1=O)NC(=O)NCc1ccccc1. The Morgan fingerprint density at radius 1 is 1.12 bits per heavy atom. The number of hydrogen-bond acceptors (Lipinski definition) is 5. The van der Waals surface area contributed by atoms with Crippen molar-refractivity contribution in [1.82, 2.24) is 15.2 Å². The maximum absolute atomic E-state index is 11.8. The van der Waals surface area contributed by atoms with Crippen molar-refractivity contribution in [2.24, 2.45) is 0 Å². The number of carbonyl (C=O) groups excluding carboxylic acids is 2. The first-order chi connectivity index (χ1) is 11.5. The van der Waals surface area contributed by atoms with Crippen molar-refractivity contribution < 1.29 is 14.5 Å². The lowest BCUT2D eigenvalue weighted by Gasteiger charge is -2.08. The predicted octanol–water partition coefficient (Wildman–Crippen LogP) is 0.782. The van der Waals surface area contributed by atoms with E-state index in [9.17, 15) is 24.5 Å². The van der Waals surface area contributed by atoms with Crippen LogP contribution in [0.1, 0.15) is 5.56 Å². The van der Waals surface area contributed by atoms with Gasteiger partial charge >= 0.3 is 6.03 Å². The number of imide groups is 1. The molecule has 0 aliphatic carbocycles. The average Bonchev–Trinajstić information content (AvgIpc) is 2.55. The van der Waals surface area contributed by atoms with E-state index in [1.165, 1.54) is 0 Å². The van der Waals surface area contributed by atoms with Gasteiger partial charge in [-0.1, -0.05) is 30.3 Å². The Morgan fingerprint density at radius 2 is 1.83 bits per heavy atom. The van der Waals surface area contributed by atoms with Gasteiger partial charge in [0.1, 0.15) is 6.54 Å². The van der Waals surface area contributed by atoms with Gasteiger partial charge < -0.3 is 5.32 Å². The van der Waals surface area contributed by atoms with Crippen LogP contribution in [0.25, 0.3) is 0 Å². The fourth-order valence-corrected chi connectivity index (χ4v) is 1.89. The van der Waals surface area contributed by atoms with Crippen LogP contribution in [0.5, 0.6) is 0 Å². The largest absolute Gasteiger partial charge is 0.334 e. The molecule has 0 radical (unpaired) electrons. The van der Waals surface area contributed by atoms with Crippen LogP contribution in [0.15, 0.2) is 53.5 Å². The summed E-state index contributed by atoms with van der Waals surface area (Å²) in [6.07, 6.45) is 0.948. The summed E-state index contributed by atoms with van der Waals surface area (Å²) in [4.78, 5) is 45.0. The average molecular weight is 330 g/mol. The van der Waals surface area contributed by atoms with E-state index in [0.29, 0.717) is 0 Å². The number of urea groups is 1. The number of amides is 3. The molecule has 1 heterocycles. The Balaban J connectivity index is 1.91. The van der Waals surface area contributed by atoms with Gasteiger partial charge in [-0.25, -0.2) is 4.79 Å². The van der Waals surface area contributed by atoms with Crippen LogP contribution < -0.4 is 16.2 Å². The zero-order valence-corrected chi connectivity index (χ0v) is 12.5. The lowest BCUT2D eigenvalue weighted by Crippen LogP contribution is -2.41. The van der Waals surface area contributed by atoms with Crippen molar-refractivity contribution in [3.8, 4) is 0 Å². The third-order valence-corrected chi connectivity index (χ3v) is 3.04. The summed E-state index contributed by atoms with van der Waals surface area (Å²) < 4.78 is 0.859.